The van der Waals surface area contributed by atoms with Crippen LogP contribution in [0.15, 0.2) is 12.1 Å². The maximum absolute atomic E-state index is 6.12. The third-order valence-electron chi connectivity index (χ3n) is 2.86. The summed E-state index contributed by atoms with van der Waals surface area (Å²) in [6, 6.07) is 3.75. The van der Waals surface area contributed by atoms with Gasteiger partial charge in [-0.05, 0) is 31.0 Å². The molecule has 0 saturated carbocycles. The predicted molar refractivity (Wildman–Crippen MR) is 70.4 cm³/mol. The number of nitrogen functional groups attached to an aromatic ring is 1. The second-order valence-electron chi connectivity index (χ2n) is 4.01. The molecule has 0 spiro atoms. The Labute approximate surface area is 105 Å². The Kier molecular flexibility index (Phi) is 3.54. The van der Waals surface area contributed by atoms with E-state index in [1.54, 1.807) is 7.11 Å². The highest BCUT2D eigenvalue weighted by Crippen LogP contribution is 2.27. The molecule has 0 fully saturated rings. The zero-order chi connectivity index (χ0) is 12.4. The topological polar surface area (TPSA) is 53.1 Å². The summed E-state index contributed by atoms with van der Waals surface area (Å²) in [5.74, 6) is 0.529. The number of aromatic nitrogens is 2. The van der Waals surface area contributed by atoms with E-state index in [4.69, 9.17) is 22.1 Å². The van der Waals surface area contributed by atoms with Crippen LogP contribution in [-0.4, -0.2) is 23.3 Å². The maximum atomic E-state index is 6.12. The third kappa shape index (κ3) is 2.23. The van der Waals surface area contributed by atoms with Gasteiger partial charge in [0.15, 0.2) is 0 Å². The number of aryl methyl sites for hydroxylation is 2. The van der Waals surface area contributed by atoms with Gasteiger partial charge >= 0.3 is 0 Å². The molecular weight excluding hydrogens is 238 g/mol. The van der Waals surface area contributed by atoms with Crippen LogP contribution in [0.3, 0.4) is 0 Å². The smallest absolute Gasteiger partial charge is 0.201 e. The van der Waals surface area contributed by atoms with Crippen LogP contribution < -0.4 is 5.73 Å². The lowest BCUT2D eigenvalue weighted by atomic mass is 10.2. The average molecular weight is 254 g/mol. The molecule has 0 aliphatic rings. The highest BCUT2D eigenvalue weighted by Gasteiger charge is 2.11. The van der Waals surface area contributed by atoms with Gasteiger partial charge in [-0.1, -0.05) is 11.6 Å². The van der Waals surface area contributed by atoms with Crippen molar-refractivity contribution in [3.05, 3.63) is 22.7 Å². The number of hydrogen-bond acceptors (Lipinski definition) is 3. The minimum atomic E-state index is 0.529. The first-order chi connectivity index (χ1) is 8.15. The Morgan fingerprint density at radius 3 is 2.94 bits per heavy atom. The van der Waals surface area contributed by atoms with E-state index in [1.807, 2.05) is 23.6 Å². The van der Waals surface area contributed by atoms with Crippen LogP contribution in [0, 0.1) is 6.92 Å². The lowest BCUT2D eigenvalue weighted by molar-refractivity contribution is 0.191. The molecule has 0 aliphatic heterocycles. The molecule has 17 heavy (non-hydrogen) atoms. The number of halogens is 1. The molecule has 0 bridgehead atoms. The first kappa shape index (κ1) is 12.2. The van der Waals surface area contributed by atoms with Gasteiger partial charge in [-0.25, -0.2) is 4.98 Å². The number of anilines is 1. The minimum Gasteiger partial charge on any atom is -0.385 e. The van der Waals surface area contributed by atoms with Gasteiger partial charge in [-0.15, -0.1) is 0 Å². The van der Waals surface area contributed by atoms with E-state index in [9.17, 15) is 0 Å². The molecule has 0 aliphatic carbocycles. The number of rotatable bonds is 4. The molecule has 4 nitrogen and oxygen atoms in total. The van der Waals surface area contributed by atoms with Crippen LogP contribution in [-0.2, 0) is 11.3 Å². The number of nitrogens with two attached hydrogens (primary N) is 1. The summed E-state index contributed by atoms with van der Waals surface area (Å²) in [7, 11) is 1.69. The second kappa shape index (κ2) is 4.94. The number of ether oxygens (including phenoxy) is 1. The molecule has 1 heterocycles. The fourth-order valence-corrected chi connectivity index (χ4v) is 2.14. The molecule has 2 rings (SSSR count). The standard InChI is InChI=1S/C12H16ClN3O/c1-8-9(13)4-5-10-11(8)16(12(14)15-10)6-3-7-17-2/h4-5H,3,6-7H2,1-2H3,(H2,14,15). The number of fused-ring (bicyclic) bond motifs is 1. The fourth-order valence-electron chi connectivity index (χ4n) is 1.98. The lowest BCUT2D eigenvalue weighted by Gasteiger charge is -2.08. The van der Waals surface area contributed by atoms with Crippen molar-refractivity contribution < 1.29 is 4.74 Å². The van der Waals surface area contributed by atoms with Gasteiger partial charge in [-0.3, -0.25) is 0 Å². The first-order valence-electron chi connectivity index (χ1n) is 5.55. The monoisotopic (exact) mass is 253 g/mol. The van der Waals surface area contributed by atoms with Crippen molar-refractivity contribution in [3.8, 4) is 0 Å². The van der Waals surface area contributed by atoms with Crippen molar-refractivity contribution >= 4 is 28.6 Å². The van der Waals surface area contributed by atoms with E-state index in [2.05, 4.69) is 4.98 Å². The van der Waals surface area contributed by atoms with Gasteiger partial charge in [-0.2, -0.15) is 0 Å². The number of nitrogens with zero attached hydrogens (tertiary/aromatic N) is 2. The number of benzene rings is 1. The van der Waals surface area contributed by atoms with E-state index >= 15 is 0 Å². The van der Waals surface area contributed by atoms with E-state index in [0.717, 1.165) is 34.6 Å². The molecular formula is C12H16ClN3O. The second-order valence-corrected chi connectivity index (χ2v) is 4.42. The molecule has 0 unspecified atom stereocenters. The van der Waals surface area contributed by atoms with Gasteiger partial charge in [0.1, 0.15) is 0 Å². The molecule has 2 aromatic rings. The van der Waals surface area contributed by atoms with Crippen molar-refractivity contribution in [1.29, 1.82) is 0 Å². The highest BCUT2D eigenvalue weighted by molar-refractivity contribution is 6.32. The van der Waals surface area contributed by atoms with Crippen LogP contribution >= 0.6 is 11.6 Å². The van der Waals surface area contributed by atoms with E-state index in [0.29, 0.717) is 12.6 Å². The highest BCUT2D eigenvalue weighted by atomic mass is 35.5. The predicted octanol–water partition coefficient (Wildman–Crippen LogP) is 2.62. The van der Waals surface area contributed by atoms with Crippen molar-refractivity contribution in [3.63, 3.8) is 0 Å². The summed E-state index contributed by atoms with van der Waals surface area (Å²) < 4.78 is 7.04. The van der Waals surface area contributed by atoms with E-state index in [1.165, 1.54) is 0 Å². The molecule has 0 atom stereocenters. The SMILES string of the molecule is COCCCn1c(N)nc2ccc(Cl)c(C)c21. The largest absolute Gasteiger partial charge is 0.385 e. The van der Waals surface area contributed by atoms with Crippen LogP contribution in [0.4, 0.5) is 5.95 Å². The van der Waals surface area contributed by atoms with Crippen LogP contribution in [0.1, 0.15) is 12.0 Å². The Morgan fingerprint density at radius 1 is 1.47 bits per heavy atom. The summed E-state index contributed by atoms with van der Waals surface area (Å²) in [5.41, 5.74) is 8.85. The zero-order valence-corrected chi connectivity index (χ0v) is 10.8. The van der Waals surface area contributed by atoms with Crippen molar-refractivity contribution in [2.45, 2.75) is 19.9 Å². The summed E-state index contributed by atoms with van der Waals surface area (Å²) in [5, 5.41) is 0.741. The Bertz CT molecular complexity index is 536. The molecule has 0 radical (unpaired) electrons. The summed E-state index contributed by atoms with van der Waals surface area (Å²) in [6.45, 7) is 3.48. The van der Waals surface area contributed by atoms with Crippen LogP contribution in [0.2, 0.25) is 5.02 Å². The molecule has 1 aromatic carbocycles. The van der Waals surface area contributed by atoms with Gasteiger partial charge in [0.2, 0.25) is 5.95 Å². The molecule has 0 amide bonds. The summed E-state index contributed by atoms with van der Waals surface area (Å²) in [6.07, 6.45) is 0.901. The molecule has 1 aromatic heterocycles. The van der Waals surface area contributed by atoms with Crippen molar-refractivity contribution in [2.24, 2.45) is 0 Å². The number of methoxy groups -OCH3 is 1. The van der Waals surface area contributed by atoms with Gasteiger partial charge < -0.3 is 15.0 Å². The molecule has 92 valence electrons. The Morgan fingerprint density at radius 2 is 2.24 bits per heavy atom. The van der Waals surface area contributed by atoms with Crippen LogP contribution in [0.5, 0.6) is 0 Å². The first-order valence-corrected chi connectivity index (χ1v) is 5.92. The summed E-state index contributed by atoms with van der Waals surface area (Å²) >= 11 is 6.12. The minimum absolute atomic E-state index is 0.529. The molecule has 2 N–H and O–H groups in total. The third-order valence-corrected chi connectivity index (χ3v) is 3.26. The average Bonchev–Trinajstić information content (AvgIpc) is 2.62. The maximum Gasteiger partial charge on any atom is 0.201 e. The van der Waals surface area contributed by atoms with Crippen molar-refractivity contribution in [2.75, 3.05) is 19.5 Å². The molecule has 5 heteroatoms. The summed E-state index contributed by atoms with van der Waals surface area (Å²) in [4.78, 5) is 4.34. The van der Waals surface area contributed by atoms with Crippen LogP contribution in [0.25, 0.3) is 11.0 Å². The number of imidazole rings is 1. The lowest BCUT2D eigenvalue weighted by Crippen LogP contribution is -2.06. The molecule has 0 saturated heterocycles. The van der Waals surface area contributed by atoms with Gasteiger partial charge in [0.25, 0.3) is 0 Å². The quantitative estimate of drug-likeness (QED) is 0.853. The fraction of sp³-hybridized carbons (Fsp3) is 0.417. The van der Waals surface area contributed by atoms with E-state index in [-0.39, 0.29) is 0 Å². The van der Waals surface area contributed by atoms with Crippen molar-refractivity contribution in [1.82, 2.24) is 9.55 Å². The Balaban J connectivity index is 2.46. The van der Waals surface area contributed by atoms with E-state index < -0.39 is 0 Å². The Hall–Kier alpha value is -1.26. The van der Waals surface area contributed by atoms with Gasteiger partial charge in [0.05, 0.1) is 11.0 Å². The van der Waals surface area contributed by atoms with Gasteiger partial charge in [0, 0.05) is 25.3 Å². The normalized spacial score (nSPS) is 11.2. The zero-order valence-electron chi connectivity index (χ0n) is 10.0. The number of hydrogen-bond donors (Lipinski definition) is 1.